The Balaban J connectivity index is 1.66. The molecule has 1 saturated carbocycles. The molecule has 2 aromatic heterocycles. The van der Waals surface area contributed by atoms with Crippen LogP contribution in [0, 0.1) is 29.1 Å². The molecule has 1 fully saturated rings. The molecule has 4 rings (SSSR count). The third kappa shape index (κ3) is 5.51. The van der Waals surface area contributed by atoms with Gasteiger partial charge in [-0.2, -0.15) is 9.65 Å². The number of fused-ring (bicyclic) bond motifs is 1. The molecule has 4 N–H and O–H groups in total. The van der Waals surface area contributed by atoms with E-state index < -0.39 is 40.1 Å². The molecule has 2 aliphatic rings. The van der Waals surface area contributed by atoms with Crippen LogP contribution in [0.25, 0.3) is 0 Å². The lowest BCUT2D eigenvalue weighted by Crippen LogP contribution is -2.44. The summed E-state index contributed by atoms with van der Waals surface area (Å²) in [7, 11) is -4.17. The maximum atomic E-state index is 13.7. The Kier molecular flexibility index (Phi) is 7.65. The van der Waals surface area contributed by atoms with Gasteiger partial charge in [0.25, 0.3) is 5.91 Å². The molecule has 37 heavy (non-hydrogen) atoms. The van der Waals surface area contributed by atoms with Crippen LogP contribution in [0.3, 0.4) is 0 Å². The Bertz CT molecular complexity index is 1370. The molecule has 3 heterocycles. The molecule has 4 unspecified atom stereocenters. The number of halogens is 2. The van der Waals surface area contributed by atoms with E-state index in [1.807, 2.05) is 6.92 Å². The minimum atomic E-state index is -4.17. The third-order valence-electron chi connectivity index (χ3n) is 7.16. The van der Waals surface area contributed by atoms with Gasteiger partial charge in [-0.05, 0) is 56.9 Å². The van der Waals surface area contributed by atoms with Crippen LogP contribution in [0.2, 0.25) is 5.02 Å². The maximum absolute atomic E-state index is 13.7. The van der Waals surface area contributed by atoms with E-state index in [4.69, 9.17) is 16.9 Å². The first kappa shape index (κ1) is 27.5. The van der Waals surface area contributed by atoms with Crippen molar-refractivity contribution < 1.29 is 27.8 Å². The van der Waals surface area contributed by atoms with Crippen LogP contribution >= 0.6 is 11.6 Å². The summed E-state index contributed by atoms with van der Waals surface area (Å²) in [5, 5.41) is 31.1. The Labute approximate surface area is 219 Å². The molecule has 200 valence electrons. The molecule has 1 amide bonds. The smallest absolute Gasteiger partial charge is 0.273 e. The van der Waals surface area contributed by atoms with E-state index in [0.717, 1.165) is 12.5 Å². The van der Waals surface area contributed by atoms with Gasteiger partial charge in [-0.15, -0.1) is 0 Å². The zero-order valence-electron chi connectivity index (χ0n) is 20.5. The first-order chi connectivity index (χ1) is 17.4. The Morgan fingerprint density at radius 2 is 2.14 bits per heavy atom. The number of aliphatic hydroxyl groups excluding tert-OH is 1. The van der Waals surface area contributed by atoms with Gasteiger partial charge in [-0.3, -0.25) is 4.79 Å². The number of nitrogens with one attached hydrogen (secondary N) is 2. The molecule has 4 atom stereocenters. The number of carbonyl (C=O) groups is 1. The number of hydrogen-bond acceptors (Lipinski definition) is 7. The lowest BCUT2D eigenvalue weighted by molar-refractivity contribution is -0.0194. The lowest BCUT2D eigenvalue weighted by Gasteiger charge is -2.30. The van der Waals surface area contributed by atoms with Crippen molar-refractivity contribution in [2.75, 3.05) is 11.9 Å². The number of carbonyl (C=O) groups excluding carboxylic acids is 1. The van der Waals surface area contributed by atoms with E-state index in [1.165, 1.54) is 13.0 Å². The van der Waals surface area contributed by atoms with Gasteiger partial charge in [0, 0.05) is 30.0 Å². The van der Waals surface area contributed by atoms with Gasteiger partial charge in [0.05, 0.1) is 17.2 Å². The molecular formula is C24H29ClFN5O5S. The van der Waals surface area contributed by atoms with Gasteiger partial charge in [0.1, 0.15) is 22.4 Å². The number of rotatable bonds is 8. The predicted octanol–water partition coefficient (Wildman–Crippen LogP) is 2.57. The number of hydrogen-bond donors (Lipinski definition) is 4. The van der Waals surface area contributed by atoms with E-state index in [1.54, 1.807) is 10.6 Å². The standard InChI is InChI=1S/C24H29ClFN5O5S/c1-13-5-6-14(10-24(2,34)12-32)20(13)30-37(35,36)22-17-4-3-7-31(17)21(19(22)25)23(33)29-15-8-16(11-27)28-18(26)9-15/h8-9,13-14,20,30,32,34H,3-7,10,12H2,1-2H3,(H,28,29,33). The van der Waals surface area contributed by atoms with E-state index in [0.29, 0.717) is 31.5 Å². The highest BCUT2D eigenvalue weighted by molar-refractivity contribution is 7.89. The van der Waals surface area contributed by atoms with E-state index in [-0.39, 0.29) is 45.2 Å². The number of aliphatic hydroxyl groups is 2. The molecule has 0 aromatic carbocycles. The second kappa shape index (κ2) is 10.3. The number of anilines is 1. The molecule has 13 heteroatoms. The number of pyridine rings is 1. The molecular weight excluding hydrogens is 525 g/mol. The molecule has 0 saturated heterocycles. The van der Waals surface area contributed by atoms with Gasteiger partial charge >= 0.3 is 0 Å². The zero-order chi connectivity index (χ0) is 27.1. The quantitative estimate of drug-likeness (QED) is 0.366. The summed E-state index contributed by atoms with van der Waals surface area (Å²) in [5.41, 5.74) is -1.24. The molecule has 0 spiro atoms. The van der Waals surface area contributed by atoms with Crippen LogP contribution in [0.1, 0.15) is 61.4 Å². The summed E-state index contributed by atoms with van der Waals surface area (Å²) >= 11 is 6.56. The Morgan fingerprint density at radius 1 is 1.41 bits per heavy atom. The van der Waals surface area contributed by atoms with Gasteiger partial charge in [-0.1, -0.05) is 18.5 Å². The SMILES string of the molecule is CC1CCC(CC(C)(O)CO)C1NS(=O)(=O)c1c(Cl)c(C(=O)Nc2cc(F)nc(C#N)c2)n2c1CCC2. The molecule has 10 nitrogen and oxygen atoms in total. The van der Waals surface area contributed by atoms with E-state index >= 15 is 0 Å². The Hall–Kier alpha value is -2.56. The maximum Gasteiger partial charge on any atom is 0.273 e. The first-order valence-corrected chi connectivity index (χ1v) is 13.9. The first-order valence-electron chi connectivity index (χ1n) is 12.0. The van der Waals surface area contributed by atoms with Gasteiger partial charge < -0.3 is 20.1 Å². The van der Waals surface area contributed by atoms with E-state index in [2.05, 4.69) is 15.0 Å². The minimum Gasteiger partial charge on any atom is -0.393 e. The summed E-state index contributed by atoms with van der Waals surface area (Å²) in [6, 6.07) is 3.36. The van der Waals surface area contributed by atoms with Crippen molar-refractivity contribution in [1.82, 2.24) is 14.3 Å². The van der Waals surface area contributed by atoms with Gasteiger partial charge in [0.15, 0.2) is 0 Å². The highest BCUT2D eigenvalue weighted by Gasteiger charge is 2.42. The molecule has 0 radical (unpaired) electrons. The minimum absolute atomic E-state index is 0.0117. The van der Waals surface area contributed by atoms with Crippen LogP contribution < -0.4 is 10.0 Å². The van der Waals surface area contributed by atoms with Crippen molar-refractivity contribution in [2.45, 2.75) is 69.0 Å². The van der Waals surface area contributed by atoms with Crippen LogP contribution in [0.4, 0.5) is 10.1 Å². The highest BCUT2D eigenvalue weighted by atomic mass is 35.5. The third-order valence-corrected chi connectivity index (χ3v) is 9.20. The van der Waals surface area contributed by atoms with Crippen molar-refractivity contribution in [3.63, 3.8) is 0 Å². The normalized spacial score (nSPS) is 22.9. The fourth-order valence-corrected chi connectivity index (χ4v) is 7.79. The monoisotopic (exact) mass is 553 g/mol. The zero-order valence-corrected chi connectivity index (χ0v) is 22.0. The average Bonchev–Trinajstić information content (AvgIpc) is 3.48. The molecule has 0 bridgehead atoms. The highest BCUT2D eigenvalue weighted by Crippen LogP contribution is 2.40. The van der Waals surface area contributed by atoms with Gasteiger partial charge in [0.2, 0.25) is 16.0 Å². The van der Waals surface area contributed by atoms with Crippen molar-refractivity contribution >= 4 is 33.2 Å². The van der Waals surface area contributed by atoms with E-state index in [9.17, 15) is 27.8 Å². The number of nitrogens with zero attached hydrogens (tertiary/aromatic N) is 3. The molecule has 1 aliphatic carbocycles. The van der Waals surface area contributed by atoms with Crippen LogP contribution in [0.5, 0.6) is 0 Å². The fourth-order valence-electron chi connectivity index (χ4n) is 5.43. The summed E-state index contributed by atoms with van der Waals surface area (Å²) < 4.78 is 45.4. The summed E-state index contributed by atoms with van der Waals surface area (Å²) in [6.07, 6.45) is 2.67. The average molecular weight is 554 g/mol. The largest absolute Gasteiger partial charge is 0.393 e. The second-order valence-corrected chi connectivity index (χ2v) is 12.2. The van der Waals surface area contributed by atoms with Crippen LogP contribution in [-0.2, 0) is 23.0 Å². The fraction of sp³-hybridized carbons (Fsp3) is 0.542. The molecule has 2 aromatic rings. The van der Waals surface area contributed by atoms with Crippen molar-refractivity contribution in [2.24, 2.45) is 11.8 Å². The predicted molar refractivity (Wildman–Crippen MR) is 133 cm³/mol. The number of aromatic nitrogens is 2. The van der Waals surface area contributed by atoms with Crippen LogP contribution in [-0.4, -0.2) is 52.3 Å². The number of sulfonamides is 1. The summed E-state index contributed by atoms with van der Waals surface area (Å²) in [6.45, 7) is 3.38. The van der Waals surface area contributed by atoms with Crippen LogP contribution in [0.15, 0.2) is 17.0 Å². The lowest BCUT2D eigenvalue weighted by atomic mass is 9.88. The number of nitriles is 1. The molecule has 1 aliphatic heterocycles. The topological polar surface area (TPSA) is 157 Å². The van der Waals surface area contributed by atoms with Crippen molar-refractivity contribution in [3.8, 4) is 6.07 Å². The summed E-state index contributed by atoms with van der Waals surface area (Å²) in [4.78, 5) is 16.4. The van der Waals surface area contributed by atoms with Gasteiger partial charge in [-0.25, -0.2) is 18.1 Å². The Morgan fingerprint density at radius 3 is 2.81 bits per heavy atom. The number of amides is 1. The van der Waals surface area contributed by atoms with Crippen molar-refractivity contribution in [1.29, 1.82) is 5.26 Å². The van der Waals surface area contributed by atoms with Crippen molar-refractivity contribution in [3.05, 3.63) is 40.2 Å². The summed E-state index contributed by atoms with van der Waals surface area (Å²) in [5.74, 6) is -1.90. The second-order valence-electron chi connectivity index (χ2n) is 10.1.